The summed E-state index contributed by atoms with van der Waals surface area (Å²) in [6.07, 6.45) is 13.4. The van der Waals surface area contributed by atoms with E-state index in [1.807, 2.05) is 0 Å². The van der Waals surface area contributed by atoms with Crippen molar-refractivity contribution in [1.82, 2.24) is 5.32 Å². The number of fused-ring (bicyclic) bond motifs is 1. The van der Waals surface area contributed by atoms with Gasteiger partial charge in [0.15, 0.2) is 0 Å². The van der Waals surface area contributed by atoms with Crippen molar-refractivity contribution in [3.63, 3.8) is 0 Å². The van der Waals surface area contributed by atoms with Gasteiger partial charge in [0, 0.05) is 6.04 Å². The van der Waals surface area contributed by atoms with Crippen molar-refractivity contribution in [1.29, 1.82) is 0 Å². The van der Waals surface area contributed by atoms with E-state index >= 15 is 0 Å². The third-order valence-electron chi connectivity index (χ3n) is 4.71. The molecule has 1 aliphatic carbocycles. The van der Waals surface area contributed by atoms with Gasteiger partial charge in [-0.3, -0.25) is 0 Å². The molecular weight excluding hydrogens is 242 g/mol. The summed E-state index contributed by atoms with van der Waals surface area (Å²) in [5.41, 5.74) is 4.73. The van der Waals surface area contributed by atoms with Gasteiger partial charge in [-0.1, -0.05) is 57.2 Å². The fourth-order valence-corrected chi connectivity index (χ4v) is 3.38. The van der Waals surface area contributed by atoms with Gasteiger partial charge >= 0.3 is 0 Å². The highest BCUT2D eigenvalue weighted by atomic mass is 14.9. The number of unbranched alkanes of at least 4 members (excludes halogenated alkanes) is 4. The normalized spacial score (nSPS) is 15.3. The Labute approximate surface area is 125 Å². The van der Waals surface area contributed by atoms with Crippen LogP contribution < -0.4 is 5.32 Å². The van der Waals surface area contributed by atoms with E-state index in [0.717, 1.165) is 0 Å². The van der Waals surface area contributed by atoms with Gasteiger partial charge in [0.1, 0.15) is 0 Å². The van der Waals surface area contributed by atoms with Gasteiger partial charge in [0.25, 0.3) is 0 Å². The van der Waals surface area contributed by atoms with Crippen molar-refractivity contribution < 1.29 is 0 Å². The fourth-order valence-electron chi connectivity index (χ4n) is 3.38. The second-order valence-corrected chi connectivity index (χ2v) is 6.35. The average molecular weight is 273 g/mol. The molecule has 0 aromatic heterocycles. The molecule has 0 bridgehead atoms. The van der Waals surface area contributed by atoms with Gasteiger partial charge in [-0.2, -0.15) is 0 Å². The van der Waals surface area contributed by atoms with Crippen LogP contribution in [0.3, 0.4) is 0 Å². The van der Waals surface area contributed by atoms with Gasteiger partial charge in [-0.05, 0) is 55.8 Å². The minimum absolute atomic E-state index is 0.649. The van der Waals surface area contributed by atoms with Gasteiger partial charge in [0.2, 0.25) is 0 Å². The Bertz CT molecular complexity index is 397. The molecule has 1 aromatic carbocycles. The molecule has 0 aliphatic heterocycles. The lowest BCUT2D eigenvalue weighted by Crippen LogP contribution is -2.27. The first-order valence-electron chi connectivity index (χ1n) is 8.61. The molecule has 2 rings (SSSR count). The summed E-state index contributed by atoms with van der Waals surface area (Å²) in [6, 6.07) is 7.83. The molecule has 0 saturated heterocycles. The van der Waals surface area contributed by atoms with Gasteiger partial charge in [-0.25, -0.2) is 0 Å². The number of aryl methyl sites for hydroxylation is 2. The second-order valence-electron chi connectivity index (χ2n) is 6.35. The summed E-state index contributed by atoms with van der Waals surface area (Å²) in [5.74, 6) is 0. The zero-order chi connectivity index (χ0) is 14.2. The number of rotatable bonds is 9. The quantitative estimate of drug-likeness (QED) is 0.645. The maximum Gasteiger partial charge on any atom is 0.0104 e. The van der Waals surface area contributed by atoms with E-state index < -0.39 is 0 Å². The van der Waals surface area contributed by atoms with Crippen molar-refractivity contribution in [2.45, 2.75) is 77.2 Å². The first-order valence-corrected chi connectivity index (χ1v) is 8.61. The van der Waals surface area contributed by atoms with Gasteiger partial charge < -0.3 is 5.32 Å². The SMILES string of the molecule is CCCCCCCC(Cc1ccc2c(c1)CCC2)NC. The van der Waals surface area contributed by atoms with Crippen molar-refractivity contribution in [3.05, 3.63) is 34.9 Å². The van der Waals surface area contributed by atoms with Crippen molar-refractivity contribution >= 4 is 0 Å². The number of hydrogen-bond acceptors (Lipinski definition) is 1. The molecule has 1 heteroatoms. The molecule has 0 spiro atoms. The van der Waals surface area contributed by atoms with Crippen molar-refractivity contribution in [2.24, 2.45) is 0 Å². The largest absolute Gasteiger partial charge is 0.317 e. The molecule has 112 valence electrons. The topological polar surface area (TPSA) is 12.0 Å². The summed E-state index contributed by atoms with van der Waals surface area (Å²) in [6.45, 7) is 2.28. The third-order valence-corrected chi connectivity index (χ3v) is 4.71. The van der Waals surface area contributed by atoms with Crippen LogP contribution in [0.5, 0.6) is 0 Å². The average Bonchev–Trinajstić information content (AvgIpc) is 2.93. The Morgan fingerprint density at radius 1 is 1.05 bits per heavy atom. The predicted molar refractivity (Wildman–Crippen MR) is 88.4 cm³/mol. The summed E-state index contributed by atoms with van der Waals surface area (Å²) >= 11 is 0. The highest BCUT2D eigenvalue weighted by Crippen LogP contribution is 2.23. The summed E-state index contributed by atoms with van der Waals surface area (Å²) < 4.78 is 0. The van der Waals surface area contributed by atoms with E-state index in [4.69, 9.17) is 0 Å². The first-order chi connectivity index (χ1) is 9.83. The number of likely N-dealkylation sites (N-methyl/N-ethyl adjacent to an activating group) is 1. The predicted octanol–water partition coefficient (Wildman–Crippen LogP) is 4.67. The summed E-state index contributed by atoms with van der Waals surface area (Å²) in [5, 5.41) is 3.51. The van der Waals surface area contributed by atoms with Crippen LogP contribution in [0.1, 0.15) is 68.6 Å². The Morgan fingerprint density at radius 2 is 1.85 bits per heavy atom. The second kappa shape index (κ2) is 8.46. The molecule has 0 radical (unpaired) electrons. The molecule has 0 fully saturated rings. The molecule has 20 heavy (non-hydrogen) atoms. The van der Waals surface area contributed by atoms with E-state index in [9.17, 15) is 0 Å². The summed E-state index contributed by atoms with van der Waals surface area (Å²) in [7, 11) is 2.12. The zero-order valence-corrected chi connectivity index (χ0v) is 13.4. The molecule has 1 N–H and O–H groups in total. The van der Waals surface area contributed by atoms with Gasteiger partial charge in [-0.15, -0.1) is 0 Å². The molecule has 1 aliphatic rings. The van der Waals surface area contributed by atoms with Crippen molar-refractivity contribution in [3.8, 4) is 0 Å². The lowest BCUT2D eigenvalue weighted by Gasteiger charge is -2.17. The van der Waals surface area contributed by atoms with E-state index in [1.54, 1.807) is 11.1 Å². The van der Waals surface area contributed by atoms with E-state index in [1.165, 1.54) is 69.8 Å². The Kier molecular flexibility index (Phi) is 6.59. The molecule has 1 atom stereocenters. The minimum Gasteiger partial charge on any atom is -0.317 e. The number of nitrogens with one attached hydrogen (secondary N) is 1. The lowest BCUT2D eigenvalue weighted by atomic mass is 9.97. The Balaban J connectivity index is 1.77. The lowest BCUT2D eigenvalue weighted by molar-refractivity contribution is 0.482. The van der Waals surface area contributed by atoms with Crippen molar-refractivity contribution in [2.75, 3.05) is 7.05 Å². The van der Waals surface area contributed by atoms with E-state index in [-0.39, 0.29) is 0 Å². The van der Waals surface area contributed by atoms with Crippen LogP contribution in [-0.4, -0.2) is 13.1 Å². The van der Waals surface area contributed by atoms with Crippen LogP contribution in [-0.2, 0) is 19.3 Å². The van der Waals surface area contributed by atoms with Crippen LogP contribution in [0.25, 0.3) is 0 Å². The summed E-state index contributed by atoms with van der Waals surface area (Å²) in [4.78, 5) is 0. The van der Waals surface area contributed by atoms with Crippen LogP contribution in [0.15, 0.2) is 18.2 Å². The number of hydrogen-bond donors (Lipinski definition) is 1. The highest BCUT2D eigenvalue weighted by Gasteiger charge is 2.13. The zero-order valence-electron chi connectivity index (χ0n) is 13.4. The highest BCUT2D eigenvalue weighted by molar-refractivity contribution is 5.35. The van der Waals surface area contributed by atoms with Crippen LogP contribution in [0.2, 0.25) is 0 Å². The number of benzene rings is 1. The molecule has 0 heterocycles. The molecular formula is C19H31N. The van der Waals surface area contributed by atoms with Crippen LogP contribution in [0, 0.1) is 0 Å². The smallest absolute Gasteiger partial charge is 0.0104 e. The molecule has 0 saturated carbocycles. The molecule has 1 aromatic rings. The maximum absolute atomic E-state index is 3.51. The minimum atomic E-state index is 0.649. The molecule has 1 unspecified atom stereocenters. The Morgan fingerprint density at radius 3 is 2.65 bits per heavy atom. The standard InChI is InChI=1S/C19H31N/c1-3-4-5-6-7-11-19(20-2)15-16-12-13-17-9-8-10-18(17)14-16/h12-14,19-20H,3-11,15H2,1-2H3. The van der Waals surface area contributed by atoms with Crippen LogP contribution >= 0.6 is 0 Å². The van der Waals surface area contributed by atoms with Gasteiger partial charge in [0.05, 0.1) is 0 Å². The van der Waals surface area contributed by atoms with E-state index in [2.05, 4.69) is 37.5 Å². The van der Waals surface area contributed by atoms with E-state index in [0.29, 0.717) is 6.04 Å². The third kappa shape index (κ3) is 4.63. The molecule has 1 nitrogen and oxygen atoms in total. The molecule has 0 amide bonds. The maximum atomic E-state index is 3.51. The van der Waals surface area contributed by atoms with Crippen LogP contribution in [0.4, 0.5) is 0 Å². The monoisotopic (exact) mass is 273 g/mol. The first kappa shape index (κ1) is 15.6. The Hall–Kier alpha value is -0.820. The fraction of sp³-hybridized carbons (Fsp3) is 0.684.